The number of rotatable bonds is 6. The van der Waals surface area contributed by atoms with Crippen LogP contribution >= 0.6 is 69.8 Å². The Labute approximate surface area is 139 Å². The van der Waals surface area contributed by atoms with E-state index in [-0.39, 0.29) is 24.7 Å². The van der Waals surface area contributed by atoms with E-state index < -0.39 is 17.9 Å². The minimum Gasteiger partial charge on any atom is -0.480 e. The minimum absolute atomic E-state index is 0.0158. The number of carbonyl (C=O) groups excluding carboxylic acids is 1. The Morgan fingerprint density at radius 2 is 1.68 bits per heavy atom. The number of hydrogen-bond acceptors (Lipinski definition) is 3. The average Bonchev–Trinajstić information content (AvgIpc) is 2.31. The van der Waals surface area contributed by atoms with Crippen molar-refractivity contribution < 1.29 is 14.7 Å². The molecule has 0 radical (unpaired) electrons. The summed E-state index contributed by atoms with van der Waals surface area (Å²) in [6.07, 6.45) is 0. The van der Waals surface area contributed by atoms with Crippen LogP contribution in [0.1, 0.15) is 6.92 Å². The van der Waals surface area contributed by atoms with Gasteiger partial charge in [-0.15, -0.1) is 11.8 Å². The summed E-state index contributed by atoms with van der Waals surface area (Å²) in [6.45, 7) is 1.21. The van der Waals surface area contributed by atoms with Gasteiger partial charge in [0.05, 0.1) is 14.4 Å². The van der Waals surface area contributed by atoms with E-state index >= 15 is 0 Å². The van der Waals surface area contributed by atoms with Gasteiger partial charge in [-0.05, 0) is 0 Å². The highest BCUT2D eigenvalue weighted by atomic mass is 35.5. The molecule has 10 heteroatoms. The molecule has 108 valence electrons. The van der Waals surface area contributed by atoms with Gasteiger partial charge in [0, 0.05) is 12.7 Å². The van der Waals surface area contributed by atoms with Crippen molar-refractivity contribution in [3.8, 4) is 0 Å². The summed E-state index contributed by atoms with van der Waals surface area (Å²) >= 11 is 29.0. The molecule has 0 aromatic heterocycles. The molecule has 0 fully saturated rings. The van der Waals surface area contributed by atoms with Crippen molar-refractivity contribution in [1.82, 2.24) is 5.32 Å². The number of hydrogen-bond donors (Lipinski definition) is 2. The molecule has 0 aromatic carbocycles. The van der Waals surface area contributed by atoms with Gasteiger partial charge in [0.2, 0.25) is 5.91 Å². The van der Waals surface area contributed by atoms with Crippen molar-refractivity contribution in [2.45, 2.75) is 13.0 Å². The Bertz CT molecular complexity index is 434. The third-order valence-corrected chi connectivity index (χ3v) is 4.69. The summed E-state index contributed by atoms with van der Waals surface area (Å²) in [7, 11) is 0. The van der Waals surface area contributed by atoms with Crippen LogP contribution in [-0.2, 0) is 9.59 Å². The predicted octanol–water partition coefficient (Wildman–Crippen LogP) is 3.84. The van der Waals surface area contributed by atoms with Gasteiger partial charge in [0.15, 0.2) is 0 Å². The largest absolute Gasteiger partial charge is 0.480 e. The highest BCUT2D eigenvalue weighted by Gasteiger charge is 2.20. The smallest absolute Gasteiger partial charge is 0.327 e. The molecule has 0 aromatic rings. The van der Waals surface area contributed by atoms with Gasteiger partial charge in [0.25, 0.3) is 0 Å². The van der Waals surface area contributed by atoms with Crippen molar-refractivity contribution in [2.75, 3.05) is 5.75 Å². The maximum atomic E-state index is 10.9. The highest BCUT2D eigenvalue weighted by molar-refractivity contribution is 8.04. The molecule has 0 saturated carbocycles. The number of halogens is 5. The summed E-state index contributed by atoms with van der Waals surface area (Å²) in [5.41, 5.74) is 0. The molecule has 0 rings (SSSR count). The molecule has 19 heavy (non-hydrogen) atoms. The Morgan fingerprint density at radius 3 is 2.05 bits per heavy atom. The van der Waals surface area contributed by atoms with Crippen LogP contribution < -0.4 is 5.32 Å². The first-order valence-electron chi connectivity index (χ1n) is 4.56. The number of amides is 1. The van der Waals surface area contributed by atoms with E-state index in [1.54, 1.807) is 0 Å². The molecule has 0 saturated heterocycles. The molecule has 0 aliphatic rings. The maximum absolute atomic E-state index is 10.9. The first kappa shape index (κ1) is 19.2. The lowest BCUT2D eigenvalue weighted by Crippen LogP contribution is -2.41. The van der Waals surface area contributed by atoms with Crippen molar-refractivity contribution in [3.05, 3.63) is 18.9 Å². The highest BCUT2D eigenvalue weighted by Crippen LogP contribution is 2.36. The molecule has 2 N–H and O–H groups in total. The molecule has 0 heterocycles. The van der Waals surface area contributed by atoms with Crippen LogP contribution in [0.25, 0.3) is 0 Å². The molecular weight excluding hydrogens is 379 g/mol. The maximum Gasteiger partial charge on any atom is 0.327 e. The Morgan fingerprint density at radius 1 is 1.16 bits per heavy atom. The van der Waals surface area contributed by atoms with Crippen molar-refractivity contribution in [3.63, 3.8) is 0 Å². The second-order valence-electron chi connectivity index (χ2n) is 3.06. The van der Waals surface area contributed by atoms with Crippen LogP contribution in [-0.4, -0.2) is 28.8 Å². The van der Waals surface area contributed by atoms with Gasteiger partial charge in [-0.2, -0.15) is 0 Å². The van der Waals surface area contributed by atoms with E-state index in [1.807, 2.05) is 0 Å². The number of thioether (sulfide) groups is 1. The van der Waals surface area contributed by atoms with E-state index in [9.17, 15) is 9.59 Å². The zero-order valence-corrected chi connectivity index (χ0v) is 13.9. The third kappa shape index (κ3) is 7.54. The number of nitrogens with one attached hydrogen (secondary N) is 1. The van der Waals surface area contributed by atoms with Gasteiger partial charge in [0.1, 0.15) is 10.5 Å². The van der Waals surface area contributed by atoms with E-state index in [0.717, 1.165) is 11.8 Å². The predicted molar refractivity (Wildman–Crippen MR) is 81.0 cm³/mol. The summed E-state index contributed by atoms with van der Waals surface area (Å²) < 4.78 is -0.246. The normalized spacial score (nSPS) is 13.4. The van der Waals surface area contributed by atoms with E-state index in [4.69, 9.17) is 63.1 Å². The topological polar surface area (TPSA) is 66.4 Å². The third-order valence-electron chi connectivity index (χ3n) is 1.58. The van der Waals surface area contributed by atoms with Crippen molar-refractivity contribution in [2.24, 2.45) is 0 Å². The second kappa shape index (κ2) is 9.21. The van der Waals surface area contributed by atoms with Crippen LogP contribution in [0.4, 0.5) is 0 Å². The number of carboxylic acid groups (broad SMARTS) is 1. The molecular formula is C9H8Cl5NO3S. The van der Waals surface area contributed by atoms with Crippen LogP contribution in [0.3, 0.4) is 0 Å². The van der Waals surface area contributed by atoms with Gasteiger partial charge in [-0.1, -0.05) is 58.0 Å². The fourth-order valence-corrected chi connectivity index (χ4v) is 2.60. The number of carboxylic acids is 1. The second-order valence-corrected chi connectivity index (χ2v) is 6.40. The van der Waals surface area contributed by atoms with E-state index in [2.05, 4.69) is 5.32 Å². The Balaban J connectivity index is 4.78. The molecule has 0 spiro atoms. The Kier molecular flexibility index (Phi) is 9.32. The standard InChI is InChI=1S/C9H8Cl5NO3S/c1-3(16)15-4(9(17)18)2-19-8(14)6(11)5(10)7(12)13/h4H,2H2,1H3,(H,15,16)(H,17,18)/t4-/m0/s1. The average molecular weight is 387 g/mol. The van der Waals surface area contributed by atoms with Gasteiger partial charge in [-0.25, -0.2) is 4.79 Å². The summed E-state index contributed by atoms with van der Waals surface area (Å²) in [5.74, 6) is -1.70. The lowest BCUT2D eigenvalue weighted by Gasteiger charge is -2.12. The van der Waals surface area contributed by atoms with Crippen molar-refractivity contribution in [1.29, 1.82) is 0 Å². The van der Waals surface area contributed by atoms with E-state index in [0.29, 0.717) is 0 Å². The monoisotopic (exact) mass is 385 g/mol. The van der Waals surface area contributed by atoms with Crippen LogP contribution in [0, 0.1) is 0 Å². The number of carbonyl (C=O) groups is 2. The zero-order chi connectivity index (χ0) is 15.2. The lowest BCUT2D eigenvalue weighted by molar-refractivity contribution is -0.140. The molecule has 0 aliphatic carbocycles. The fourth-order valence-electron chi connectivity index (χ4n) is 0.809. The molecule has 4 nitrogen and oxygen atoms in total. The molecule has 1 amide bonds. The first-order valence-corrected chi connectivity index (χ1v) is 7.43. The number of aliphatic carboxylic acids is 1. The first-order chi connectivity index (χ1) is 8.66. The van der Waals surface area contributed by atoms with Gasteiger partial charge in [-0.3, -0.25) is 4.79 Å². The molecule has 0 unspecified atom stereocenters. The SMILES string of the molecule is CC(=O)N[C@@H](CSC(Cl)=C(Cl)C(Cl)=C(Cl)Cl)C(=O)O. The summed E-state index contributed by atoms with van der Waals surface area (Å²) in [6, 6.07) is -1.10. The molecule has 0 bridgehead atoms. The summed E-state index contributed by atoms with van der Waals surface area (Å²) in [5, 5.41) is 10.9. The molecule has 0 aliphatic heterocycles. The van der Waals surface area contributed by atoms with Crippen LogP contribution in [0.15, 0.2) is 18.9 Å². The zero-order valence-electron chi connectivity index (χ0n) is 9.35. The van der Waals surface area contributed by atoms with Crippen LogP contribution in [0.5, 0.6) is 0 Å². The fraction of sp³-hybridized carbons (Fsp3) is 0.333. The van der Waals surface area contributed by atoms with Gasteiger partial charge < -0.3 is 10.4 Å². The Hall–Kier alpha value is 0.220. The lowest BCUT2D eigenvalue weighted by atomic mass is 10.3. The van der Waals surface area contributed by atoms with Gasteiger partial charge >= 0.3 is 5.97 Å². The van der Waals surface area contributed by atoms with Crippen molar-refractivity contribution >= 4 is 81.6 Å². The number of allylic oxidation sites excluding steroid dienone is 2. The molecule has 1 atom stereocenters. The van der Waals surface area contributed by atoms with E-state index in [1.165, 1.54) is 6.92 Å². The minimum atomic E-state index is -1.19. The summed E-state index contributed by atoms with van der Waals surface area (Å²) in [4.78, 5) is 21.7. The van der Waals surface area contributed by atoms with Crippen LogP contribution in [0.2, 0.25) is 0 Å². The quantitative estimate of drug-likeness (QED) is 0.680.